The van der Waals surface area contributed by atoms with Crippen LogP contribution in [0.1, 0.15) is 55.4 Å². The molecule has 9 heteroatoms. The van der Waals surface area contributed by atoms with Crippen LogP contribution in [0.2, 0.25) is 0 Å². The van der Waals surface area contributed by atoms with Crippen LogP contribution in [0.5, 0.6) is 0 Å². The number of primary amides is 1. The summed E-state index contributed by atoms with van der Waals surface area (Å²) in [5.41, 5.74) is 5.41. The molecule has 2 fully saturated rings. The lowest BCUT2D eigenvalue weighted by atomic mass is 9.93. The summed E-state index contributed by atoms with van der Waals surface area (Å²) in [6.45, 7) is 0.595. The molecule has 150 valence electrons. The van der Waals surface area contributed by atoms with Gasteiger partial charge in [0.1, 0.15) is 10.6 Å². The molecule has 0 unspecified atom stereocenters. The summed E-state index contributed by atoms with van der Waals surface area (Å²) in [6, 6.07) is 1.57. The zero-order chi connectivity index (χ0) is 19.6. The number of aryl methyl sites for hydroxylation is 1. The van der Waals surface area contributed by atoms with E-state index in [9.17, 15) is 18.0 Å². The molecular weight excluding hydrogens is 368 g/mol. The van der Waals surface area contributed by atoms with E-state index >= 15 is 0 Å². The minimum atomic E-state index is -3.70. The van der Waals surface area contributed by atoms with E-state index in [0.29, 0.717) is 25.9 Å². The summed E-state index contributed by atoms with van der Waals surface area (Å²) in [6.07, 6.45) is 8.04. The monoisotopic (exact) mass is 396 g/mol. The van der Waals surface area contributed by atoms with Crippen LogP contribution >= 0.6 is 0 Å². The molecule has 2 amide bonds. The van der Waals surface area contributed by atoms with E-state index < -0.39 is 15.9 Å². The van der Waals surface area contributed by atoms with E-state index in [2.05, 4.69) is 5.32 Å². The first-order chi connectivity index (χ1) is 12.8. The van der Waals surface area contributed by atoms with Crippen molar-refractivity contribution in [2.75, 3.05) is 13.1 Å². The standard InChI is InChI=1S/C18H28N4O4S/c1-21-12-15(11-16(21)17(19)23)27(25,26)22-9-7-13(8-10-22)18(24)20-14-5-3-2-4-6-14/h11-14H,2-10H2,1H3,(H2,19,23)(H,20,24). The number of carbonyl (C=O) groups excluding carboxylic acids is 2. The minimum Gasteiger partial charge on any atom is -0.364 e. The largest absolute Gasteiger partial charge is 0.364 e. The molecular formula is C18H28N4O4S. The summed E-state index contributed by atoms with van der Waals surface area (Å²) in [5, 5.41) is 3.14. The minimum absolute atomic E-state index is 0.0506. The number of carbonyl (C=O) groups is 2. The molecule has 3 rings (SSSR count). The molecule has 0 aromatic carbocycles. The Morgan fingerprint density at radius 3 is 2.30 bits per heavy atom. The van der Waals surface area contributed by atoms with Crippen molar-refractivity contribution in [1.82, 2.24) is 14.2 Å². The SMILES string of the molecule is Cn1cc(S(=O)(=O)N2CCC(C(=O)NC3CCCCC3)CC2)cc1C(N)=O. The third-order valence-electron chi connectivity index (χ3n) is 5.65. The molecule has 0 spiro atoms. The second-order valence-corrected chi connectivity index (χ2v) is 9.50. The second kappa shape index (κ2) is 8.02. The fourth-order valence-corrected chi connectivity index (χ4v) is 5.54. The summed E-state index contributed by atoms with van der Waals surface area (Å²) in [5.74, 6) is -0.762. The van der Waals surface area contributed by atoms with Crippen LogP contribution in [0.15, 0.2) is 17.2 Å². The number of nitrogens with zero attached hydrogens (tertiary/aromatic N) is 2. The average molecular weight is 397 g/mol. The smallest absolute Gasteiger partial charge is 0.265 e. The normalized spacial score (nSPS) is 20.5. The van der Waals surface area contributed by atoms with Crippen molar-refractivity contribution in [2.45, 2.75) is 55.9 Å². The fourth-order valence-electron chi connectivity index (χ4n) is 3.99. The van der Waals surface area contributed by atoms with Gasteiger partial charge in [0.05, 0.1) is 0 Å². The summed E-state index contributed by atoms with van der Waals surface area (Å²) >= 11 is 0. The molecule has 8 nitrogen and oxygen atoms in total. The Morgan fingerprint density at radius 2 is 1.74 bits per heavy atom. The fraction of sp³-hybridized carbons (Fsp3) is 0.667. The predicted octanol–water partition coefficient (Wildman–Crippen LogP) is 0.974. The number of rotatable bonds is 5. The zero-order valence-electron chi connectivity index (χ0n) is 15.7. The second-order valence-electron chi connectivity index (χ2n) is 7.56. The van der Waals surface area contributed by atoms with Crippen molar-refractivity contribution in [2.24, 2.45) is 18.7 Å². The highest BCUT2D eigenvalue weighted by Crippen LogP contribution is 2.26. The quantitative estimate of drug-likeness (QED) is 0.772. The van der Waals surface area contributed by atoms with Crippen LogP contribution < -0.4 is 11.1 Å². The van der Waals surface area contributed by atoms with Gasteiger partial charge in [0, 0.05) is 38.3 Å². The van der Waals surface area contributed by atoms with Gasteiger partial charge < -0.3 is 15.6 Å². The molecule has 1 aliphatic carbocycles. The molecule has 1 aliphatic heterocycles. The van der Waals surface area contributed by atoms with Crippen molar-refractivity contribution < 1.29 is 18.0 Å². The predicted molar refractivity (Wildman–Crippen MR) is 100 cm³/mol. The average Bonchev–Trinajstić information content (AvgIpc) is 3.05. The number of nitrogens with two attached hydrogens (primary N) is 1. The lowest BCUT2D eigenvalue weighted by molar-refractivity contribution is -0.127. The Hall–Kier alpha value is -1.87. The zero-order valence-corrected chi connectivity index (χ0v) is 16.5. The van der Waals surface area contributed by atoms with E-state index in [1.807, 2.05) is 0 Å². The molecule has 0 bridgehead atoms. The maximum absolute atomic E-state index is 12.8. The number of aromatic nitrogens is 1. The van der Waals surface area contributed by atoms with Gasteiger partial charge in [-0.3, -0.25) is 9.59 Å². The van der Waals surface area contributed by atoms with Crippen molar-refractivity contribution in [3.05, 3.63) is 18.0 Å². The van der Waals surface area contributed by atoms with Gasteiger partial charge in [-0.2, -0.15) is 4.31 Å². The highest BCUT2D eigenvalue weighted by molar-refractivity contribution is 7.89. The van der Waals surface area contributed by atoms with Gasteiger partial charge in [0.2, 0.25) is 15.9 Å². The molecule has 2 heterocycles. The Bertz CT molecular complexity index is 803. The maximum atomic E-state index is 12.8. The number of hydrogen-bond acceptors (Lipinski definition) is 4. The molecule has 2 aliphatic rings. The van der Waals surface area contributed by atoms with Gasteiger partial charge in [-0.15, -0.1) is 0 Å². The van der Waals surface area contributed by atoms with Crippen molar-refractivity contribution >= 4 is 21.8 Å². The van der Waals surface area contributed by atoms with Crippen LogP contribution in [0.4, 0.5) is 0 Å². The van der Waals surface area contributed by atoms with Crippen LogP contribution in [0, 0.1) is 5.92 Å². The van der Waals surface area contributed by atoms with Crippen molar-refractivity contribution in [3.63, 3.8) is 0 Å². The van der Waals surface area contributed by atoms with Gasteiger partial charge in [-0.1, -0.05) is 19.3 Å². The van der Waals surface area contributed by atoms with Gasteiger partial charge in [-0.05, 0) is 31.7 Å². The molecule has 1 aromatic heterocycles. The summed E-state index contributed by atoms with van der Waals surface area (Å²) < 4.78 is 28.5. The Labute approximate surface area is 160 Å². The number of nitrogens with one attached hydrogen (secondary N) is 1. The van der Waals surface area contributed by atoms with Crippen molar-refractivity contribution in [1.29, 1.82) is 0 Å². The Balaban J connectivity index is 1.60. The Morgan fingerprint density at radius 1 is 1.11 bits per heavy atom. The first-order valence-corrected chi connectivity index (χ1v) is 11.0. The molecule has 0 radical (unpaired) electrons. The number of hydrogen-bond donors (Lipinski definition) is 2. The molecule has 0 atom stereocenters. The molecule has 1 aromatic rings. The maximum Gasteiger partial charge on any atom is 0.265 e. The van der Waals surface area contributed by atoms with Gasteiger partial charge >= 0.3 is 0 Å². The van der Waals surface area contributed by atoms with E-state index in [1.165, 1.54) is 27.6 Å². The first kappa shape index (κ1) is 19.9. The third kappa shape index (κ3) is 4.35. The molecule has 3 N–H and O–H groups in total. The number of amides is 2. The van der Waals surface area contributed by atoms with E-state index in [0.717, 1.165) is 25.7 Å². The highest BCUT2D eigenvalue weighted by atomic mass is 32.2. The van der Waals surface area contributed by atoms with Gasteiger partial charge in [0.15, 0.2) is 0 Å². The van der Waals surface area contributed by atoms with Crippen LogP contribution in [0.25, 0.3) is 0 Å². The number of sulfonamides is 1. The topological polar surface area (TPSA) is 114 Å². The highest BCUT2D eigenvalue weighted by Gasteiger charge is 2.33. The Kier molecular flexibility index (Phi) is 5.90. The molecule has 1 saturated carbocycles. The van der Waals surface area contributed by atoms with E-state index in [1.54, 1.807) is 7.05 Å². The summed E-state index contributed by atoms with van der Waals surface area (Å²) in [4.78, 5) is 23.9. The summed E-state index contributed by atoms with van der Waals surface area (Å²) in [7, 11) is -2.12. The lowest BCUT2D eigenvalue weighted by Crippen LogP contribution is -2.45. The van der Waals surface area contributed by atoms with Crippen LogP contribution in [-0.4, -0.2) is 48.2 Å². The molecule has 1 saturated heterocycles. The van der Waals surface area contributed by atoms with E-state index in [4.69, 9.17) is 5.73 Å². The van der Waals surface area contributed by atoms with E-state index in [-0.39, 0.29) is 28.5 Å². The first-order valence-electron chi connectivity index (χ1n) is 9.55. The van der Waals surface area contributed by atoms with Crippen LogP contribution in [-0.2, 0) is 21.9 Å². The van der Waals surface area contributed by atoms with Gasteiger partial charge in [0.25, 0.3) is 5.91 Å². The third-order valence-corrected chi connectivity index (χ3v) is 7.51. The lowest BCUT2D eigenvalue weighted by Gasteiger charge is -2.32. The molecule has 27 heavy (non-hydrogen) atoms. The van der Waals surface area contributed by atoms with Crippen molar-refractivity contribution in [3.8, 4) is 0 Å². The van der Waals surface area contributed by atoms with Gasteiger partial charge in [-0.25, -0.2) is 8.42 Å². The number of piperidine rings is 1. The van der Waals surface area contributed by atoms with Crippen LogP contribution in [0.3, 0.4) is 0 Å².